The van der Waals surface area contributed by atoms with Crippen LogP contribution in [0.2, 0.25) is 0 Å². The molecule has 14 heavy (non-hydrogen) atoms. The molecule has 0 atom stereocenters. The highest BCUT2D eigenvalue weighted by atomic mass is 16.5. The first kappa shape index (κ1) is 8.49. The molecule has 0 radical (unpaired) electrons. The van der Waals surface area contributed by atoms with E-state index < -0.39 is 0 Å². The van der Waals surface area contributed by atoms with Crippen LogP contribution >= 0.6 is 0 Å². The Kier molecular flexibility index (Phi) is 2.02. The predicted molar refractivity (Wildman–Crippen MR) is 50.1 cm³/mol. The molecule has 0 aliphatic heterocycles. The highest BCUT2D eigenvalue weighted by molar-refractivity contribution is 5.55. The van der Waals surface area contributed by atoms with Crippen molar-refractivity contribution in [3.63, 3.8) is 0 Å². The predicted octanol–water partition coefficient (Wildman–Crippen LogP) is 0.253. The number of pyridine rings is 1. The summed E-state index contributed by atoms with van der Waals surface area (Å²) < 4.78 is 6.47. The van der Waals surface area contributed by atoms with Gasteiger partial charge in [0.2, 0.25) is 0 Å². The highest BCUT2D eigenvalue weighted by Gasteiger charge is 2.05. The van der Waals surface area contributed by atoms with Crippen molar-refractivity contribution in [2.24, 2.45) is 0 Å². The van der Waals surface area contributed by atoms with E-state index in [2.05, 4.69) is 15.3 Å². The number of ether oxygens (including phenoxy) is 1. The lowest BCUT2D eigenvalue weighted by molar-refractivity contribution is 0.413. The summed E-state index contributed by atoms with van der Waals surface area (Å²) in [5.41, 5.74) is 6.25. The van der Waals surface area contributed by atoms with E-state index in [1.54, 1.807) is 31.8 Å². The molecule has 0 fully saturated rings. The molecule has 0 unspecified atom stereocenters. The Morgan fingerprint density at radius 2 is 2.36 bits per heavy atom. The molecule has 0 aliphatic rings. The summed E-state index contributed by atoms with van der Waals surface area (Å²) in [5.74, 6) is 1.16. The van der Waals surface area contributed by atoms with Gasteiger partial charge in [-0.25, -0.2) is 9.67 Å². The van der Waals surface area contributed by atoms with E-state index in [0.29, 0.717) is 17.3 Å². The van der Waals surface area contributed by atoms with Gasteiger partial charge in [-0.2, -0.15) is 0 Å². The molecule has 2 aromatic heterocycles. The Labute approximate surface area is 80.3 Å². The third kappa shape index (κ3) is 1.37. The molecule has 6 heteroatoms. The van der Waals surface area contributed by atoms with Crippen molar-refractivity contribution in [3.8, 4) is 11.6 Å². The summed E-state index contributed by atoms with van der Waals surface area (Å²) in [4.78, 5) is 4.10. The first-order chi connectivity index (χ1) is 6.81. The van der Waals surface area contributed by atoms with Crippen LogP contribution in [0, 0.1) is 0 Å². The molecule has 0 aromatic carbocycles. The van der Waals surface area contributed by atoms with Gasteiger partial charge in [0.25, 0.3) is 0 Å². The lowest BCUT2D eigenvalue weighted by Crippen LogP contribution is -2.03. The Morgan fingerprint density at radius 3 is 2.93 bits per heavy atom. The maximum Gasteiger partial charge on any atom is 0.178 e. The number of aromatic nitrogens is 4. The number of rotatable bonds is 2. The first-order valence-electron chi connectivity index (χ1n) is 3.97. The van der Waals surface area contributed by atoms with Gasteiger partial charge in [0.1, 0.15) is 5.75 Å². The minimum Gasteiger partial charge on any atom is -0.495 e. The van der Waals surface area contributed by atoms with Gasteiger partial charge in [0, 0.05) is 6.07 Å². The lowest BCUT2D eigenvalue weighted by atomic mass is 10.4. The number of nitrogens with zero attached hydrogens (tertiary/aromatic N) is 4. The van der Waals surface area contributed by atoms with E-state index in [9.17, 15) is 0 Å². The molecule has 6 nitrogen and oxygen atoms in total. The molecule has 0 saturated heterocycles. The summed E-state index contributed by atoms with van der Waals surface area (Å²) in [7, 11) is 1.56. The van der Waals surface area contributed by atoms with E-state index >= 15 is 0 Å². The van der Waals surface area contributed by atoms with Gasteiger partial charge in [0.15, 0.2) is 5.82 Å². The van der Waals surface area contributed by atoms with Crippen molar-refractivity contribution in [2.45, 2.75) is 0 Å². The molecule has 72 valence electrons. The van der Waals surface area contributed by atoms with Crippen molar-refractivity contribution < 1.29 is 4.74 Å². The molecular formula is C8H9N5O. The van der Waals surface area contributed by atoms with Crippen LogP contribution in [0.15, 0.2) is 24.7 Å². The molecule has 2 aromatic rings. The van der Waals surface area contributed by atoms with Crippen LogP contribution in [-0.4, -0.2) is 27.1 Å². The Morgan fingerprint density at radius 1 is 1.50 bits per heavy atom. The quantitative estimate of drug-likeness (QED) is 0.736. The number of nitrogen functional groups attached to an aromatic ring is 1. The molecule has 2 N–H and O–H groups in total. The zero-order chi connectivity index (χ0) is 9.97. The van der Waals surface area contributed by atoms with Crippen LogP contribution < -0.4 is 10.5 Å². The molecule has 0 saturated carbocycles. The fourth-order valence-corrected chi connectivity index (χ4v) is 1.08. The van der Waals surface area contributed by atoms with Gasteiger partial charge in [-0.3, -0.25) is 0 Å². The van der Waals surface area contributed by atoms with Crippen molar-refractivity contribution in [1.29, 1.82) is 0 Å². The third-order valence-electron chi connectivity index (χ3n) is 1.75. The fourth-order valence-electron chi connectivity index (χ4n) is 1.08. The average molecular weight is 191 g/mol. The molecule has 0 bridgehead atoms. The number of methoxy groups -OCH3 is 1. The molecule has 0 amide bonds. The minimum absolute atomic E-state index is 0.495. The summed E-state index contributed by atoms with van der Waals surface area (Å²) >= 11 is 0. The summed E-state index contributed by atoms with van der Waals surface area (Å²) in [6, 6.07) is 1.68. The zero-order valence-corrected chi connectivity index (χ0v) is 7.58. The van der Waals surface area contributed by atoms with E-state index in [4.69, 9.17) is 10.5 Å². The number of hydrogen-bond acceptors (Lipinski definition) is 5. The Balaban J connectivity index is 2.46. The smallest absolute Gasteiger partial charge is 0.178 e. The largest absolute Gasteiger partial charge is 0.495 e. The van der Waals surface area contributed by atoms with Crippen LogP contribution in [0.3, 0.4) is 0 Å². The van der Waals surface area contributed by atoms with Crippen LogP contribution in [-0.2, 0) is 0 Å². The van der Waals surface area contributed by atoms with Crippen LogP contribution in [0.1, 0.15) is 0 Å². The minimum atomic E-state index is 0.495. The van der Waals surface area contributed by atoms with Crippen molar-refractivity contribution in [3.05, 3.63) is 24.7 Å². The number of nitrogens with two attached hydrogens (primary N) is 1. The average Bonchev–Trinajstić information content (AvgIpc) is 2.70. The third-order valence-corrected chi connectivity index (χ3v) is 1.75. The number of hydrogen-bond donors (Lipinski definition) is 1. The summed E-state index contributed by atoms with van der Waals surface area (Å²) in [5, 5.41) is 7.45. The normalized spacial score (nSPS) is 10.1. The van der Waals surface area contributed by atoms with Gasteiger partial charge < -0.3 is 10.5 Å². The van der Waals surface area contributed by atoms with E-state index in [-0.39, 0.29) is 0 Å². The van der Waals surface area contributed by atoms with E-state index in [1.807, 2.05) is 0 Å². The Bertz CT molecular complexity index is 425. The maximum absolute atomic E-state index is 5.76. The molecule has 2 heterocycles. The molecule has 2 rings (SSSR count). The van der Waals surface area contributed by atoms with Gasteiger partial charge >= 0.3 is 0 Å². The maximum atomic E-state index is 5.76. The van der Waals surface area contributed by atoms with Crippen LogP contribution in [0.25, 0.3) is 5.82 Å². The SMILES string of the molecule is COc1cnc(-n2ccnn2)c(N)c1. The van der Waals surface area contributed by atoms with Crippen molar-refractivity contribution >= 4 is 5.69 Å². The van der Waals surface area contributed by atoms with Crippen molar-refractivity contribution in [2.75, 3.05) is 12.8 Å². The van der Waals surface area contributed by atoms with Gasteiger partial charge in [-0.15, -0.1) is 5.10 Å². The van der Waals surface area contributed by atoms with E-state index in [1.165, 1.54) is 4.68 Å². The summed E-state index contributed by atoms with van der Waals surface area (Å²) in [6.45, 7) is 0. The fraction of sp³-hybridized carbons (Fsp3) is 0.125. The van der Waals surface area contributed by atoms with Crippen LogP contribution in [0.5, 0.6) is 5.75 Å². The lowest BCUT2D eigenvalue weighted by Gasteiger charge is -2.05. The molecule has 0 spiro atoms. The second-order valence-electron chi connectivity index (χ2n) is 2.64. The van der Waals surface area contributed by atoms with Crippen LogP contribution in [0.4, 0.5) is 5.69 Å². The van der Waals surface area contributed by atoms with Gasteiger partial charge in [-0.1, -0.05) is 5.21 Å². The molecule has 0 aliphatic carbocycles. The van der Waals surface area contributed by atoms with Gasteiger partial charge in [-0.05, 0) is 0 Å². The monoisotopic (exact) mass is 191 g/mol. The van der Waals surface area contributed by atoms with E-state index in [0.717, 1.165) is 0 Å². The highest BCUT2D eigenvalue weighted by Crippen LogP contribution is 2.18. The van der Waals surface area contributed by atoms with Crippen molar-refractivity contribution in [1.82, 2.24) is 20.0 Å². The summed E-state index contributed by atoms with van der Waals surface area (Å²) in [6.07, 6.45) is 4.81. The number of anilines is 1. The van der Waals surface area contributed by atoms with Gasteiger partial charge in [0.05, 0.1) is 31.4 Å². The second-order valence-corrected chi connectivity index (χ2v) is 2.64. The first-order valence-corrected chi connectivity index (χ1v) is 3.97. The standard InChI is InChI=1S/C8H9N5O/c1-14-6-4-7(9)8(10-5-6)13-3-2-11-12-13/h2-5H,9H2,1H3. The zero-order valence-electron chi connectivity index (χ0n) is 7.58. The second kappa shape index (κ2) is 3.33. The topological polar surface area (TPSA) is 78.8 Å². The Hall–Kier alpha value is -2.11. The molecular weight excluding hydrogens is 182 g/mol.